The summed E-state index contributed by atoms with van der Waals surface area (Å²) < 4.78 is 13.7. The van der Waals surface area contributed by atoms with Gasteiger partial charge in [-0.25, -0.2) is 0 Å². The van der Waals surface area contributed by atoms with Crippen LogP contribution in [0.15, 0.2) is 0 Å². The summed E-state index contributed by atoms with van der Waals surface area (Å²) in [4.78, 5) is 0. The van der Waals surface area contributed by atoms with Crippen molar-refractivity contribution in [3.8, 4) is 0 Å². The van der Waals surface area contributed by atoms with E-state index >= 15 is 0 Å². The molecule has 0 bridgehead atoms. The zero-order chi connectivity index (χ0) is 40.1. The Kier molecular flexibility index (Phi) is 46.5. The molecule has 0 aliphatic heterocycles. The smallest absolute Gasteiger partial charge is 0.160 e. The molecule has 0 radical (unpaired) electrons. The van der Waals surface area contributed by atoms with Crippen molar-refractivity contribution in [1.82, 2.24) is 0 Å². The highest BCUT2D eigenvalue weighted by Crippen LogP contribution is 2.25. The van der Waals surface area contributed by atoms with Crippen LogP contribution in [0.5, 0.6) is 0 Å². The van der Waals surface area contributed by atoms with Gasteiger partial charge in [0.2, 0.25) is 0 Å². The van der Waals surface area contributed by atoms with Crippen LogP contribution in [0.4, 0.5) is 0 Å². The second-order valence-electron chi connectivity index (χ2n) is 18.6. The van der Waals surface area contributed by atoms with Gasteiger partial charge in [-0.1, -0.05) is 273 Å². The fourth-order valence-electron chi connectivity index (χ4n) is 8.63. The molecule has 0 aliphatic carbocycles. The van der Waals surface area contributed by atoms with Crippen molar-refractivity contribution in [2.45, 2.75) is 311 Å². The standard InChI is InChI=1S/C53H108O2/c1-7-12-16-20-24-28-30-34-38-42-46-51(44-40-36-32-26-22-18-14-9-3)48-54-53(50(6)11-5)55-49-52(45-41-37-33-27-23-19-15-10-4)47-43-39-35-31-29-25-21-17-13-8-2/h50-53H,7-49H2,1-6H3. The Hall–Kier alpha value is -0.0800. The maximum atomic E-state index is 6.84. The van der Waals surface area contributed by atoms with Crippen LogP contribution in [0.25, 0.3) is 0 Å². The van der Waals surface area contributed by atoms with Gasteiger partial charge in [0.1, 0.15) is 0 Å². The molecular weight excluding hydrogens is 669 g/mol. The van der Waals surface area contributed by atoms with E-state index in [1.54, 1.807) is 0 Å². The predicted octanol–water partition coefficient (Wildman–Crippen LogP) is 19.3. The summed E-state index contributed by atoms with van der Waals surface area (Å²) in [6.07, 6.45) is 57.5. The second kappa shape index (κ2) is 46.6. The van der Waals surface area contributed by atoms with E-state index in [0.717, 1.165) is 19.6 Å². The van der Waals surface area contributed by atoms with Gasteiger partial charge in [0.05, 0.1) is 13.2 Å². The van der Waals surface area contributed by atoms with Crippen LogP contribution >= 0.6 is 0 Å². The molecule has 0 spiro atoms. The Labute approximate surface area is 350 Å². The summed E-state index contributed by atoms with van der Waals surface area (Å²) in [6.45, 7) is 15.8. The minimum Gasteiger partial charge on any atom is -0.352 e. The van der Waals surface area contributed by atoms with E-state index < -0.39 is 0 Å². The molecule has 0 rings (SSSR count). The first-order chi connectivity index (χ1) is 27.1. The minimum absolute atomic E-state index is 0.0347. The number of hydrogen-bond acceptors (Lipinski definition) is 2. The zero-order valence-corrected chi connectivity index (χ0v) is 39.5. The average Bonchev–Trinajstić information content (AvgIpc) is 3.20. The van der Waals surface area contributed by atoms with Crippen LogP contribution in [-0.4, -0.2) is 19.5 Å². The molecule has 0 aromatic heterocycles. The Morgan fingerprint density at radius 3 is 0.673 bits per heavy atom. The molecular formula is C53H108O2. The number of rotatable bonds is 48. The molecule has 332 valence electrons. The Morgan fingerprint density at radius 1 is 0.273 bits per heavy atom. The molecule has 0 aliphatic rings. The Morgan fingerprint density at radius 2 is 0.473 bits per heavy atom. The highest BCUT2D eigenvalue weighted by molar-refractivity contribution is 4.66. The van der Waals surface area contributed by atoms with Crippen molar-refractivity contribution >= 4 is 0 Å². The third kappa shape index (κ3) is 40.5. The lowest BCUT2D eigenvalue weighted by Crippen LogP contribution is -2.30. The summed E-state index contributed by atoms with van der Waals surface area (Å²) in [5, 5.41) is 0. The van der Waals surface area contributed by atoms with Gasteiger partial charge >= 0.3 is 0 Å². The summed E-state index contributed by atoms with van der Waals surface area (Å²) in [5.74, 6) is 1.86. The normalized spacial score (nSPS) is 14.1. The molecule has 0 N–H and O–H groups in total. The number of unbranched alkanes of at least 4 members (excludes halogenated alkanes) is 32. The molecule has 55 heavy (non-hydrogen) atoms. The van der Waals surface area contributed by atoms with E-state index in [2.05, 4.69) is 41.5 Å². The predicted molar refractivity (Wildman–Crippen MR) is 250 cm³/mol. The third-order valence-electron chi connectivity index (χ3n) is 13.0. The Bertz CT molecular complexity index is 625. The highest BCUT2D eigenvalue weighted by Gasteiger charge is 2.22. The van der Waals surface area contributed by atoms with Crippen molar-refractivity contribution in [1.29, 1.82) is 0 Å². The summed E-state index contributed by atoms with van der Waals surface area (Å²) >= 11 is 0. The third-order valence-corrected chi connectivity index (χ3v) is 13.0. The topological polar surface area (TPSA) is 18.5 Å². The molecule has 0 saturated heterocycles. The molecule has 2 heteroatoms. The maximum Gasteiger partial charge on any atom is 0.160 e. The van der Waals surface area contributed by atoms with Crippen molar-refractivity contribution in [3.63, 3.8) is 0 Å². The molecule has 3 unspecified atom stereocenters. The Balaban J connectivity index is 4.99. The van der Waals surface area contributed by atoms with Crippen LogP contribution in [-0.2, 0) is 9.47 Å². The van der Waals surface area contributed by atoms with Gasteiger partial charge < -0.3 is 9.47 Å². The first-order valence-corrected chi connectivity index (χ1v) is 26.4. The largest absolute Gasteiger partial charge is 0.352 e. The molecule has 0 heterocycles. The van der Waals surface area contributed by atoms with Gasteiger partial charge in [-0.3, -0.25) is 0 Å². The monoisotopic (exact) mass is 777 g/mol. The maximum absolute atomic E-state index is 6.84. The van der Waals surface area contributed by atoms with Crippen molar-refractivity contribution < 1.29 is 9.47 Å². The first kappa shape index (κ1) is 54.9. The van der Waals surface area contributed by atoms with Crippen molar-refractivity contribution in [2.75, 3.05) is 13.2 Å². The van der Waals surface area contributed by atoms with E-state index in [4.69, 9.17) is 9.47 Å². The quantitative estimate of drug-likeness (QED) is 0.0453. The van der Waals surface area contributed by atoms with Gasteiger partial charge in [0.25, 0.3) is 0 Å². The van der Waals surface area contributed by atoms with Gasteiger partial charge in [-0.15, -0.1) is 0 Å². The van der Waals surface area contributed by atoms with Crippen LogP contribution in [0.3, 0.4) is 0 Å². The van der Waals surface area contributed by atoms with Gasteiger partial charge in [0, 0.05) is 5.92 Å². The second-order valence-corrected chi connectivity index (χ2v) is 18.6. The number of ether oxygens (including phenoxy) is 2. The van der Waals surface area contributed by atoms with Crippen LogP contribution in [0.2, 0.25) is 0 Å². The van der Waals surface area contributed by atoms with E-state index in [0.29, 0.717) is 17.8 Å². The van der Waals surface area contributed by atoms with Crippen molar-refractivity contribution in [3.05, 3.63) is 0 Å². The number of hydrogen-bond donors (Lipinski definition) is 0. The molecule has 2 nitrogen and oxygen atoms in total. The van der Waals surface area contributed by atoms with Crippen LogP contribution in [0, 0.1) is 17.8 Å². The molecule has 0 amide bonds. The molecule has 0 saturated carbocycles. The molecule has 0 aromatic rings. The minimum atomic E-state index is -0.0347. The zero-order valence-electron chi connectivity index (χ0n) is 39.5. The van der Waals surface area contributed by atoms with E-state index in [1.165, 1.54) is 257 Å². The van der Waals surface area contributed by atoms with Gasteiger partial charge in [-0.2, -0.15) is 0 Å². The average molecular weight is 777 g/mol. The van der Waals surface area contributed by atoms with Gasteiger partial charge in [-0.05, 0) is 43.9 Å². The SMILES string of the molecule is CCCCCCCCCCCCC(CCCCCCCCCC)COC(OCC(CCCCCCCCCC)CCCCCCCCCCCC)C(C)CC. The first-order valence-electron chi connectivity index (χ1n) is 26.4. The molecule has 0 aromatic carbocycles. The summed E-state index contributed by atoms with van der Waals surface area (Å²) in [5.41, 5.74) is 0. The molecule has 3 atom stereocenters. The van der Waals surface area contributed by atoms with E-state index in [-0.39, 0.29) is 6.29 Å². The fraction of sp³-hybridized carbons (Fsp3) is 1.00. The lowest BCUT2D eigenvalue weighted by atomic mass is 9.94. The van der Waals surface area contributed by atoms with E-state index in [1.807, 2.05) is 0 Å². The summed E-state index contributed by atoms with van der Waals surface area (Å²) in [7, 11) is 0. The lowest BCUT2D eigenvalue weighted by molar-refractivity contribution is -0.184. The van der Waals surface area contributed by atoms with Crippen LogP contribution in [0.1, 0.15) is 305 Å². The summed E-state index contributed by atoms with van der Waals surface area (Å²) in [6, 6.07) is 0. The highest BCUT2D eigenvalue weighted by atomic mass is 16.7. The fourth-order valence-corrected chi connectivity index (χ4v) is 8.63. The molecule has 0 fully saturated rings. The van der Waals surface area contributed by atoms with Crippen molar-refractivity contribution in [2.24, 2.45) is 17.8 Å². The van der Waals surface area contributed by atoms with Gasteiger partial charge in [0.15, 0.2) is 6.29 Å². The van der Waals surface area contributed by atoms with E-state index in [9.17, 15) is 0 Å². The lowest BCUT2D eigenvalue weighted by Gasteiger charge is -2.28. The van der Waals surface area contributed by atoms with Crippen LogP contribution < -0.4 is 0 Å².